The highest BCUT2D eigenvalue weighted by Gasteiger charge is 2.28. The van der Waals surface area contributed by atoms with Crippen LogP contribution in [0.5, 0.6) is 0 Å². The third-order valence-corrected chi connectivity index (χ3v) is 3.68. The van der Waals surface area contributed by atoms with Crippen LogP contribution in [0.2, 0.25) is 0 Å². The second-order valence-electron chi connectivity index (χ2n) is 5.73. The number of carbonyl (C=O) groups excluding carboxylic acids is 3. The van der Waals surface area contributed by atoms with Crippen LogP contribution in [-0.2, 0) is 19.2 Å². The summed E-state index contributed by atoms with van der Waals surface area (Å²) in [5.41, 5.74) is 0. The van der Waals surface area contributed by atoms with Crippen molar-refractivity contribution in [2.24, 2.45) is 0 Å². The number of hydrogen-bond acceptors (Lipinski definition) is 7. The van der Waals surface area contributed by atoms with E-state index < -0.39 is 61.1 Å². The smallest absolute Gasteiger partial charge is 0.328 e. The summed E-state index contributed by atoms with van der Waals surface area (Å²) < 4.78 is 0. The SMILES string of the molecule is CC(O)C(NC(=O)CNC(=O)C(CO)NC(=O)C1CCCN1)C(=O)O. The zero-order valence-electron chi connectivity index (χ0n) is 13.8. The van der Waals surface area contributed by atoms with E-state index in [0.717, 1.165) is 6.42 Å². The van der Waals surface area contributed by atoms with Crippen molar-refractivity contribution in [3.05, 3.63) is 0 Å². The lowest BCUT2D eigenvalue weighted by molar-refractivity contribution is -0.144. The van der Waals surface area contributed by atoms with E-state index in [1.165, 1.54) is 6.92 Å². The van der Waals surface area contributed by atoms with E-state index in [0.29, 0.717) is 13.0 Å². The zero-order chi connectivity index (χ0) is 19.0. The topological polar surface area (TPSA) is 177 Å². The van der Waals surface area contributed by atoms with E-state index in [2.05, 4.69) is 21.3 Å². The summed E-state index contributed by atoms with van der Waals surface area (Å²) >= 11 is 0. The maximum absolute atomic E-state index is 11.9. The average Bonchev–Trinajstić information content (AvgIpc) is 3.09. The number of carbonyl (C=O) groups is 4. The fraction of sp³-hybridized carbons (Fsp3) is 0.714. The second kappa shape index (κ2) is 9.91. The Balaban J connectivity index is 2.45. The summed E-state index contributed by atoms with van der Waals surface area (Å²) in [6, 6.07) is -3.16. The lowest BCUT2D eigenvalue weighted by Gasteiger charge is -2.20. The van der Waals surface area contributed by atoms with Crippen LogP contribution in [0, 0.1) is 0 Å². The molecular formula is C14H24N4O7. The molecule has 0 saturated carbocycles. The highest BCUT2D eigenvalue weighted by atomic mass is 16.4. The van der Waals surface area contributed by atoms with Gasteiger partial charge in [-0.05, 0) is 26.3 Å². The minimum Gasteiger partial charge on any atom is -0.480 e. The number of carboxylic acids is 1. The molecule has 0 spiro atoms. The van der Waals surface area contributed by atoms with Crippen LogP contribution in [-0.4, -0.2) is 82.9 Å². The van der Waals surface area contributed by atoms with Crippen molar-refractivity contribution in [3.63, 3.8) is 0 Å². The summed E-state index contributed by atoms with van der Waals surface area (Å²) in [6.45, 7) is 0.676. The van der Waals surface area contributed by atoms with Crippen LogP contribution in [0.3, 0.4) is 0 Å². The normalized spacial score (nSPS) is 20.2. The molecule has 0 radical (unpaired) electrons. The second-order valence-corrected chi connectivity index (χ2v) is 5.73. The molecule has 1 heterocycles. The number of nitrogens with one attached hydrogen (secondary N) is 4. The van der Waals surface area contributed by atoms with Gasteiger partial charge in [0.15, 0.2) is 6.04 Å². The summed E-state index contributed by atoms with van der Waals surface area (Å²) in [7, 11) is 0. The zero-order valence-corrected chi connectivity index (χ0v) is 13.8. The van der Waals surface area contributed by atoms with E-state index >= 15 is 0 Å². The standard InChI is InChI=1S/C14H24N4O7/c1-7(20)11(14(24)25)18-10(21)5-16-12(22)9(6-19)17-13(23)8-3-2-4-15-8/h7-9,11,15,19-20H,2-6H2,1H3,(H,16,22)(H,17,23)(H,18,21)(H,24,25). The van der Waals surface area contributed by atoms with Crippen molar-refractivity contribution in [2.75, 3.05) is 19.7 Å². The van der Waals surface area contributed by atoms with Crippen molar-refractivity contribution >= 4 is 23.7 Å². The summed E-state index contributed by atoms with van der Waals surface area (Å²) in [4.78, 5) is 46.4. The van der Waals surface area contributed by atoms with Crippen molar-refractivity contribution in [2.45, 2.75) is 44.0 Å². The van der Waals surface area contributed by atoms with Crippen molar-refractivity contribution in [1.29, 1.82) is 0 Å². The third-order valence-electron chi connectivity index (χ3n) is 3.68. The molecule has 4 atom stereocenters. The molecular weight excluding hydrogens is 336 g/mol. The molecule has 1 fully saturated rings. The van der Waals surface area contributed by atoms with Crippen LogP contribution in [0.4, 0.5) is 0 Å². The molecule has 0 aromatic carbocycles. The number of amides is 3. The molecule has 1 saturated heterocycles. The minimum absolute atomic E-state index is 0.420. The average molecular weight is 360 g/mol. The van der Waals surface area contributed by atoms with Gasteiger partial charge in [0, 0.05) is 0 Å². The van der Waals surface area contributed by atoms with Gasteiger partial charge in [-0.25, -0.2) is 4.79 Å². The summed E-state index contributed by atoms with van der Waals surface area (Å²) in [5.74, 6) is -3.45. The first-order chi connectivity index (χ1) is 11.8. The minimum atomic E-state index is -1.51. The fourth-order valence-electron chi connectivity index (χ4n) is 2.28. The van der Waals surface area contributed by atoms with Crippen LogP contribution >= 0.6 is 0 Å². The maximum atomic E-state index is 11.9. The molecule has 4 unspecified atom stereocenters. The van der Waals surface area contributed by atoms with Crippen molar-refractivity contribution in [1.82, 2.24) is 21.3 Å². The van der Waals surface area contributed by atoms with Gasteiger partial charge in [-0.1, -0.05) is 0 Å². The largest absolute Gasteiger partial charge is 0.480 e. The molecule has 25 heavy (non-hydrogen) atoms. The molecule has 142 valence electrons. The Morgan fingerprint density at radius 3 is 2.40 bits per heavy atom. The lowest BCUT2D eigenvalue weighted by Crippen LogP contribution is -2.55. The molecule has 7 N–H and O–H groups in total. The fourth-order valence-corrected chi connectivity index (χ4v) is 2.28. The van der Waals surface area contributed by atoms with Gasteiger partial charge in [0.1, 0.15) is 6.04 Å². The number of hydrogen-bond donors (Lipinski definition) is 7. The number of carboxylic acid groups (broad SMARTS) is 1. The van der Waals surface area contributed by atoms with Gasteiger partial charge in [-0.15, -0.1) is 0 Å². The first-order valence-electron chi connectivity index (χ1n) is 7.88. The Morgan fingerprint density at radius 2 is 1.92 bits per heavy atom. The Morgan fingerprint density at radius 1 is 1.24 bits per heavy atom. The van der Waals surface area contributed by atoms with E-state index in [9.17, 15) is 29.4 Å². The number of aliphatic carboxylic acids is 1. The molecule has 1 rings (SSSR count). The first-order valence-corrected chi connectivity index (χ1v) is 7.88. The highest BCUT2D eigenvalue weighted by Crippen LogP contribution is 2.04. The molecule has 1 aliphatic heterocycles. The molecule has 0 aromatic rings. The van der Waals surface area contributed by atoms with E-state index in [1.54, 1.807) is 0 Å². The van der Waals surface area contributed by atoms with Crippen molar-refractivity contribution < 1.29 is 34.5 Å². The van der Waals surface area contributed by atoms with E-state index in [1.807, 2.05) is 0 Å². The van der Waals surface area contributed by atoms with Crippen molar-refractivity contribution in [3.8, 4) is 0 Å². The third kappa shape index (κ3) is 6.64. The predicted molar refractivity (Wildman–Crippen MR) is 84.3 cm³/mol. The maximum Gasteiger partial charge on any atom is 0.328 e. The monoisotopic (exact) mass is 360 g/mol. The summed E-state index contributed by atoms with van der Waals surface area (Å²) in [6.07, 6.45) is 0.146. The van der Waals surface area contributed by atoms with Gasteiger partial charge < -0.3 is 36.6 Å². The Bertz CT molecular complexity index is 505. The molecule has 11 nitrogen and oxygen atoms in total. The van der Waals surface area contributed by atoms with E-state index in [4.69, 9.17) is 5.11 Å². The van der Waals surface area contributed by atoms with Gasteiger partial charge in [-0.3, -0.25) is 14.4 Å². The molecule has 0 aliphatic carbocycles. The number of aliphatic hydroxyl groups excluding tert-OH is 2. The Kier molecular flexibility index (Phi) is 8.25. The molecule has 0 bridgehead atoms. The van der Waals surface area contributed by atoms with Gasteiger partial charge in [-0.2, -0.15) is 0 Å². The molecule has 11 heteroatoms. The van der Waals surface area contributed by atoms with E-state index in [-0.39, 0.29) is 0 Å². The number of rotatable bonds is 9. The predicted octanol–water partition coefficient (Wildman–Crippen LogP) is -3.72. The van der Waals surface area contributed by atoms with Crippen LogP contribution in [0.1, 0.15) is 19.8 Å². The number of aliphatic hydroxyl groups is 2. The molecule has 1 aliphatic rings. The Labute approximate surface area is 144 Å². The van der Waals surface area contributed by atoms with Crippen LogP contribution in [0.25, 0.3) is 0 Å². The Hall–Kier alpha value is -2.24. The lowest BCUT2D eigenvalue weighted by atomic mass is 10.2. The quantitative estimate of drug-likeness (QED) is 0.219. The summed E-state index contributed by atoms with van der Waals surface area (Å²) in [5, 5.41) is 36.9. The van der Waals surface area contributed by atoms with Crippen LogP contribution in [0.15, 0.2) is 0 Å². The van der Waals surface area contributed by atoms with Gasteiger partial charge in [0.05, 0.1) is 25.3 Å². The molecule has 3 amide bonds. The van der Waals surface area contributed by atoms with Gasteiger partial charge >= 0.3 is 5.97 Å². The highest BCUT2D eigenvalue weighted by molar-refractivity contribution is 5.92. The first kappa shape index (κ1) is 20.8. The van der Waals surface area contributed by atoms with Crippen LogP contribution < -0.4 is 21.3 Å². The molecule has 0 aromatic heterocycles. The van der Waals surface area contributed by atoms with Gasteiger partial charge in [0.2, 0.25) is 17.7 Å². The van der Waals surface area contributed by atoms with Gasteiger partial charge in [0.25, 0.3) is 0 Å².